The van der Waals surface area contributed by atoms with Crippen molar-refractivity contribution in [1.82, 2.24) is 14.4 Å². The van der Waals surface area contributed by atoms with Gasteiger partial charge in [0.05, 0.1) is 10.7 Å². The van der Waals surface area contributed by atoms with Crippen LogP contribution in [0.2, 0.25) is 5.02 Å². The molecule has 0 bridgehead atoms. The number of benzene rings is 2. The van der Waals surface area contributed by atoms with E-state index >= 15 is 0 Å². The number of carbonyl (C=O) groups is 1. The number of hydrogen-bond acceptors (Lipinski definition) is 5. The summed E-state index contributed by atoms with van der Waals surface area (Å²) in [6, 6.07) is 15.1. The largest absolute Gasteiger partial charge is 0.368 e. The molecule has 7 nitrogen and oxygen atoms in total. The molecular formula is C29H36ClFN6O. The van der Waals surface area contributed by atoms with Crippen LogP contribution in [0.1, 0.15) is 28.5 Å². The van der Waals surface area contributed by atoms with Crippen molar-refractivity contribution in [1.29, 1.82) is 0 Å². The molecule has 0 aliphatic carbocycles. The van der Waals surface area contributed by atoms with Crippen molar-refractivity contribution >= 4 is 28.9 Å². The van der Waals surface area contributed by atoms with E-state index in [0.29, 0.717) is 30.9 Å². The molecule has 38 heavy (non-hydrogen) atoms. The van der Waals surface area contributed by atoms with Crippen molar-refractivity contribution < 1.29 is 9.18 Å². The van der Waals surface area contributed by atoms with Gasteiger partial charge < -0.3 is 25.0 Å². The number of hydrogen-bond donors (Lipinski definition) is 1. The smallest absolute Gasteiger partial charge is 0.270 e. The normalized spacial score (nSPS) is 18.8. The van der Waals surface area contributed by atoms with Crippen LogP contribution in [0.4, 0.5) is 15.8 Å². The number of para-hydroxylation sites is 1. The number of rotatable bonds is 6. The van der Waals surface area contributed by atoms with E-state index in [1.54, 1.807) is 6.07 Å². The van der Waals surface area contributed by atoms with Crippen LogP contribution in [0.5, 0.6) is 0 Å². The first kappa shape index (κ1) is 26.5. The minimum absolute atomic E-state index is 0.0126. The molecule has 5 rings (SSSR count). The van der Waals surface area contributed by atoms with Gasteiger partial charge >= 0.3 is 0 Å². The van der Waals surface area contributed by atoms with E-state index < -0.39 is 0 Å². The number of piperazine rings is 2. The zero-order valence-electron chi connectivity index (χ0n) is 22.1. The second-order valence-corrected chi connectivity index (χ2v) is 10.7. The highest BCUT2D eigenvalue weighted by Crippen LogP contribution is 2.28. The summed E-state index contributed by atoms with van der Waals surface area (Å²) in [6.07, 6.45) is 2.06. The molecule has 2 saturated heterocycles. The predicted octanol–water partition coefficient (Wildman–Crippen LogP) is 3.95. The summed E-state index contributed by atoms with van der Waals surface area (Å²) < 4.78 is 16.2. The van der Waals surface area contributed by atoms with E-state index in [2.05, 4.69) is 27.0 Å². The van der Waals surface area contributed by atoms with E-state index in [9.17, 15) is 9.18 Å². The van der Waals surface area contributed by atoms with Gasteiger partial charge in [0.2, 0.25) is 0 Å². The van der Waals surface area contributed by atoms with Gasteiger partial charge in [0, 0.05) is 89.4 Å². The van der Waals surface area contributed by atoms with Crippen LogP contribution in [-0.4, -0.2) is 72.1 Å². The summed E-state index contributed by atoms with van der Waals surface area (Å²) in [4.78, 5) is 22.4. The molecular weight excluding hydrogens is 503 g/mol. The second-order valence-electron chi connectivity index (χ2n) is 10.3. The predicted molar refractivity (Wildman–Crippen MR) is 151 cm³/mol. The quantitative estimate of drug-likeness (QED) is 0.515. The SMILES string of the molecule is C[C@H]1CN(c2cccc(F)c2CN)CCN1C(=O)c1cc(CN2CCN(c3ccccc3Cl)CC2)cn1C. The van der Waals surface area contributed by atoms with E-state index in [1.807, 2.05) is 53.8 Å². The molecule has 2 N–H and O–H groups in total. The number of carbonyl (C=O) groups excluding carboxylic acids is 1. The lowest BCUT2D eigenvalue weighted by atomic mass is 10.1. The molecule has 3 heterocycles. The fourth-order valence-electron chi connectivity index (χ4n) is 5.72. The summed E-state index contributed by atoms with van der Waals surface area (Å²) in [5, 5.41) is 0.790. The second kappa shape index (κ2) is 11.4. The lowest BCUT2D eigenvalue weighted by molar-refractivity contribution is 0.0664. The molecule has 3 aromatic rings. The third-order valence-corrected chi connectivity index (χ3v) is 8.10. The molecule has 9 heteroatoms. The third-order valence-electron chi connectivity index (χ3n) is 7.78. The van der Waals surface area contributed by atoms with Gasteiger partial charge in [-0.2, -0.15) is 0 Å². The maximum atomic E-state index is 14.3. The summed E-state index contributed by atoms with van der Waals surface area (Å²) in [5.41, 5.74) is 10.1. The summed E-state index contributed by atoms with van der Waals surface area (Å²) >= 11 is 6.39. The van der Waals surface area contributed by atoms with Gasteiger partial charge in [0.1, 0.15) is 11.5 Å². The van der Waals surface area contributed by atoms with Crippen LogP contribution in [0.15, 0.2) is 54.7 Å². The molecule has 2 aliphatic rings. The average molecular weight is 539 g/mol. The van der Waals surface area contributed by atoms with Crippen LogP contribution < -0.4 is 15.5 Å². The van der Waals surface area contributed by atoms with Crippen molar-refractivity contribution in [3.05, 3.63) is 82.4 Å². The monoisotopic (exact) mass is 538 g/mol. The first-order chi connectivity index (χ1) is 18.4. The van der Waals surface area contributed by atoms with E-state index in [0.717, 1.165) is 54.7 Å². The first-order valence-electron chi connectivity index (χ1n) is 13.3. The lowest BCUT2D eigenvalue weighted by Gasteiger charge is -2.41. The van der Waals surface area contributed by atoms with Gasteiger partial charge in [-0.1, -0.05) is 29.8 Å². The van der Waals surface area contributed by atoms with Gasteiger partial charge in [-0.15, -0.1) is 0 Å². The lowest BCUT2D eigenvalue weighted by Crippen LogP contribution is -2.54. The molecule has 0 spiro atoms. The van der Waals surface area contributed by atoms with E-state index in [4.69, 9.17) is 17.3 Å². The minimum Gasteiger partial charge on any atom is -0.368 e. The van der Waals surface area contributed by atoms with Crippen LogP contribution in [0, 0.1) is 5.82 Å². The molecule has 1 amide bonds. The minimum atomic E-state index is -0.280. The number of nitrogens with two attached hydrogens (primary N) is 1. The Labute approximate surface area is 229 Å². The Morgan fingerprint density at radius 2 is 1.71 bits per heavy atom. The Balaban J connectivity index is 1.20. The highest BCUT2D eigenvalue weighted by molar-refractivity contribution is 6.33. The van der Waals surface area contributed by atoms with Crippen molar-refractivity contribution in [3.63, 3.8) is 0 Å². The molecule has 202 valence electrons. The molecule has 1 atom stereocenters. The van der Waals surface area contributed by atoms with Gasteiger partial charge in [-0.3, -0.25) is 9.69 Å². The Bertz CT molecular complexity index is 1290. The summed E-state index contributed by atoms with van der Waals surface area (Å²) in [5.74, 6) is -0.245. The van der Waals surface area contributed by atoms with Crippen molar-refractivity contribution in [3.8, 4) is 0 Å². The van der Waals surface area contributed by atoms with Gasteiger partial charge in [0.25, 0.3) is 5.91 Å². The van der Waals surface area contributed by atoms with Crippen LogP contribution in [0.3, 0.4) is 0 Å². The Morgan fingerprint density at radius 1 is 1.00 bits per heavy atom. The highest BCUT2D eigenvalue weighted by atomic mass is 35.5. The number of anilines is 2. The zero-order valence-corrected chi connectivity index (χ0v) is 22.9. The number of aryl methyl sites for hydroxylation is 1. The molecule has 2 fully saturated rings. The van der Waals surface area contributed by atoms with Crippen molar-refractivity contribution in [2.24, 2.45) is 12.8 Å². The van der Waals surface area contributed by atoms with Crippen LogP contribution in [-0.2, 0) is 20.1 Å². The molecule has 0 saturated carbocycles. The molecule has 2 aromatic carbocycles. The molecule has 1 aromatic heterocycles. The fraction of sp³-hybridized carbons (Fsp3) is 0.414. The maximum absolute atomic E-state index is 14.3. The van der Waals surface area contributed by atoms with E-state index in [1.165, 1.54) is 6.07 Å². The average Bonchev–Trinajstić information content (AvgIpc) is 3.28. The third kappa shape index (κ3) is 5.39. The molecule has 2 aliphatic heterocycles. The van der Waals surface area contributed by atoms with Crippen molar-refractivity contribution in [2.45, 2.75) is 26.1 Å². The summed E-state index contributed by atoms with van der Waals surface area (Å²) in [6.45, 7) is 8.57. The molecule has 0 unspecified atom stereocenters. The van der Waals surface area contributed by atoms with Gasteiger partial charge in [0.15, 0.2) is 0 Å². The first-order valence-corrected chi connectivity index (χ1v) is 13.6. The van der Waals surface area contributed by atoms with Gasteiger partial charge in [-0.05, 0) is 42.8 Å². The van der Waals surface area contributed by atoms with Crippen molar-refractivity contribution in [2.75, 3.05) is 55.6 Å². The van der Waals surface area contributed by atoms with Crippen LogP contribution >= 0.6 is 11.6 Å². The Kier molecular flexibility index (Phi) is 7.93. The number of halogens is 2. The standard InChI is InChI=1S/C29H36ClFN6O/c1-21-18-36(26-9-5-7-25(31)23(26)17-32)14-15-37(21)29(38)28-16-22(19-33(28)2)20-34-10-12-35(13-11-34)27-8-4-3-6-24(27)30/h3-9,16,19,21H,10-15,17-18,20,32H2,1-2H3/t21-/m0/s1. The Morgan fingerprint density at radius 3 is 2.42 bits per heavy atom. The van der Waals surface area contributed by atoms with Gasteiger partial charge in [-0.25, -0.2) is 4.39 Å². The number of nitrogens with zero attached hydrogens (tertiary/aromatic N) is 5. The maximum Gasteiger partial charge on any atom is 0.270 e. The number of aromatic nitrogens is 1. The number of amides is 1. The highest BCUT2D eigenvalue weighted by Gasteiger charge is 2.31. The Hall–Kier alpha value is -3.07. The van der Waals surface area contributed by atoms with E-state index in [-0.39, 0.29) is 24.3 Å². The summed E-state index contributed by atoms with van der Waals surface area (Å²) in [7, 11) is 1.94. The fourth-order valence-corrected chi connectivity index (χ4v) is 5.97. The zero-order chi connectivity index (χ0) is 26.8. The van der Waals surface area contributed by atoms with Crippen LogP contribution in [0.25, 0.3) is 0 Å². The topological polar surface area (TPSA) is 61.0 Å². The molecule has 0 radical (unpaired) electrons.